The van der Waals surface area contributed by atoms with E-state index in [0.717, 1.165) is 13.1 Å². The first kappa shape index (κ1) is 10.2. The van der Waals surface area contributed by atoms with Crippen LogP contribution in [0.4, 0.5) is 4.79 Å². The van der Waals surface area contributed by atoms with E-state index >= 15 is 0 Å². The summed E-state index contributed by atoms with van der Waals surface area (Å²) in [4.78, 5) is 10.0. The first-order chi connectivity index (χ1) is 5.27. The Hall–Kier alpha value is -0.810. The van der Waals surface area contributed by atoms with Gasteiger partial charge >= 0.3 is 6.09 Å². The van der Waals surface area contributed by atoms with E-state index in [2.05, 4.69) is 15.4 Å². The Balaban J connectivity index is 2.85. The van der Waals surface area contributed by atoms with Crippen LogP contribution >= 0.6 is 0 Å². The summed E-state index contributed by atoms with van der Waals surface area (Å²) in [5, 5.41) is 6.02. The number of carbonyl (C=O) groups excluding carboxylic acids is 1. The lowest BCUT2D eigenvalue weighted by Gasteiger charge is -2.03. The molecule has 0 radical (unpaired) electrons. The SMILES string of the molecule is CNCCNCCOC(N)=O. The van der Waals surface area contributed by atoms with Gasteiger partial charge in [0.25, 0.3) is 0 Å². The zero-order chi connectivity index (χ0) is 8.53. The molecule has 0 aliphatic heterocycles. The summed E-state index contributed by atoms with van der Waals surface area (Å²) >= 11 is 0. The van der Waals surface area contributed by atoms with Crippen molar-refractivity contribution in [1.29, 1.82) is 0 Å². The van der Waals surface area contributed by atoms with Crippen molar-refractivity contribution in [3.05, 3.63) is 0 Å². The van der Waals surface area contributed by atoms with Gasteiger partial charge in [0.1, 0.15) is 6.61 Å². The van der Waals surface area contributed by atoms with Crippen LogP contribution in [-0.4, -0.2) is 39.4 Å². The summed E-state index contributed by atoms with van der Waals surface area (Å²) in [6.07, 6.45) is -0.722. The number of ether oxygens (including phenoxy) is 1. The van der Waals surface area contributed by atoms with Crippen molar-refractivity contribution in [2.45, 2.75) is 0 Å². The van der Waals surface area contributed by atoms with E-state index in [1.54, 1.807) is 0 Å². The van der Waals surface area contributed by atoms with Gasteiger partial charge in [0.2, 0.25) is 0 Å². The van der Waals surface area contributed by atoms with Crippen molar-refractivity contribution in [1.82, 2.24) is 10.6 Å². The number of carbonyl (C=O) groups is 1. The molecule has 0 unspecified atom stereocenters. The van der Waals surface area contributed by atoms with Crippen LogP contribution in [0.25, 0.3) is 0 Å². The van der Waals surface area contributed by atoms with Gasteiger partial charge < -0.3 is 21.1 Å². The molecule has 0 aromatic heterocycles. The van der Waals surface area contributed by atoms with Crippen LogP contribution in [0, 0.1) is 0 Å². The second kappa shape index (κ2) is 7.30. The molecule has 1 amide bonds. The lowest BCUT2D eigenvalue weighted by atomic mass is 10.6. The molecule has 0 aliphatic carbocycles. The van der Waals surface area contributed by atoms with Crippen molar-refractivity contribution in [3.63, 3.8) is 0 Å². The van der Waals surface area contributed by atoms with Crippen molar-refractivity contribution >= 4 is 6.09 Å². The lowest BCUT2D eigenvalue weighted by molar-refractivity contribution is 0.157. The van der Waals surface area contributed by atoms with Crippen LogP contribution < -0.4 is 16.4 Å². The summed E-state index contributed by atoms with van der Waals surface area (Å²) in [6, 6.07) is 0. The third kappa shape index (κ3) is 9.19. The fourth-order valence-corrected chi connectivity index (χ4v) is 0.562. The van der Waals surface area contributed by atoms with Gasteiger partial charge in [-0.2, -0.15) is 0 Å². The maximum absolute atomic E-state index is 10.0. The highest BCUT2D eigenvalue weighted by Gasteiger charge is 1.91. The first-order valence-electron chi connectivity index (χ1n) is 3.55. The number of primary amides is 1. The molecule has 0 spiro atoms. The Bertz CT molecular complexity index is 108. The number of nitrogens with one attached hydrogen (secondary N) is 2. The highest BCUT2D eigenvalue weighted by Crippen LogP contribution is 1.70. The van der Waals surface area contributed by atoms with Gasteiger partial charge in [-0.3, -0.25) is 0 Å². The summed E-state index contributed by atoms with van der Waals surface area (Å²) in [6.45, 7) is 2.73. The smallest absolute Gasteiger partial charge is 0.404 e. The molecule has 0 rings (SSSR count). The summed E-state index contributed by atoms with van der Waals surface area (Å²) in [5.41, 5.74) is 4.73. The number of hydrogen-bond acceptors (Lipinski definition) is 4. The maximum atomic E-state index is 10.0. The van der Waals surface area contributed by atoms with E-state index in [1.807, 2.05) is 7.05 Å². The minimum Gasteiger partial charge on any atom is -0.448 e. The molecule has 5 nitrogen and oxygen atoms in total. The van der Waals surface area contributed by atoms with E-state index in [4.69, 9.17) is 5.73 Å². The normalized spacial score (nSPS) is 9.55. The molecule has 0 aromatic carbocycles. The monoisotopic (exact) mass is 161 g/mol. The Morgan fingerprint density at radius 2 is 2.18 bits per heavy atom. The Morgan fingerprint density at radius 3 is 2.73 bits per heavy atom. The number of rotatable bonds is 6. The first-order valence-corrected chi connectivity index (χ1v) is 3.55. The molecule has 0 fully saturated rings. The molecule has 0 atom stereocenters. The number of nitrogens with two attached hydrogens (primary N) is 1. The van der Waals surface area contributed by atoms with Crippen molar-refractivity contribution in [3.8, 4) is 0 Å². The molecule has 0 aliphatic rings. The van der Waals surface area contributed by atoms with Crippen molar-refractivity contribution in [2.75, 3.05) is 33.3 Å². The number of amides is 1. The maximum Gasteiger partial charge on any atom is 0.404 e. The molecule has 11 heavy (non-hydrogen) atoms. The second-order valence-electron chi connectivity index (χ2n) is 2.02. The Labute approximate surface area is 66.3 Å². The highest BCUT2D eigenvalue weighted by atomic mass is 16.5. The molecule has 0 bridgehead atoms. The van der Waals surface area contributed by atoms with Gasteiger partial charge in [-0.1, -0.05) is 0 Å². The van der Waals surface area contributed by atoms with Gasteiger partial charge in [-0.25, -0.2) is 4.79 Å². The van der Waals surface area contributed by atoms with Crippen LogP contribution in [-0.2, 0) is 4.74 Å². The Kier molecular flexibility index (Phi) is 6.76. The molecular formula is C6H15N3O2. The van der Waals surface area contributed by atoms with E-state index in [9.17, 15) is 4.79 Å². The van der Waals surface area contributed by atoms with Crippen LogP contribution in [0.3, 0.4) is 0 Å². The van der Waals surface area contributed by atoms with E-state index < -0.39 is 6.09 Å². The fraction of sp³-hybridized carbons (Fsp3) is 0.833. The molecule has 66 valence electrons. The average molecular weight is 161 g/mol. The molecule has 0 saturated heterocycles. The standard InChI is InChI=1S/C6H15N3O2/c1-8-2-3-9-4-5-11-6(7)10/h8-9H,2-5H2,1H3,(H2,7,10). The summed E-state index contributed by atoms with van der Waals surface area (Å²) in [7, 11) is 1.88. The van der Waals surface area contributed by atoms with E-state index in [-0.39, 0.29) is 0 Å². The van der Waals surface area contributed by atoms with Gasteiger partial charge in [0.05, 0.1) is 0 Å². The van der Waals surface area contributed by atoms with Crippen LogP contribution in [0.15, 0.2) is 0 Å². The molecule has 4 N–H and O–H groups in total. The summed E-state index contributed by atoms with van der Waals surface area (Å²) in [5.74, 6) is 0. The molecule has 0 saturated carbocycles. The topological polar surface area (TPSA) is 76.4 Å². The van der Waals surface area contributed by atoms with Crippen LogP contribution in [0.2, 0.25) is 0 Å². The quantitative estimate of drug-likeness (QED) is 0.432. The third-order valence-corrected chi connectivity index (χ3v) is 1.07. The highest BCUT2D eigenvalue weighted by molar-refractivity contribution is 5.64. The van der Waals surface area contributed by atoms with Gasteiger partial charge in [-0.05, 0) is 7.05 Å². The largest absolute Gasteiger partial charge is 0.448 e. The number of hydrogen-bond donors (Lipinski definition) is 3. The van der Waals surface area contributed by atoms with Crippen molar-refractivity contribution < 1.29 is 9.53 Å². The molecule has 5 heteroatoms. The Morgan fingerprint density at radius 1 is 1.45 bits per heavy atom. The van der Waals surface area contributed by atoms with E-state index in [0.29, 0.717) is 13.2 Å². The number of likely N-dealkylation sites (N-methyl/N-ethyl adjacent to an activating group) is 1. The third-order valence-electron chi connectivity index (χ3n) is 1.07. The second-order valence-corrected chi connectivity index (χ2v) is 2.02. The van der Waals surface area contributed by atoms with Gasteiger partial charge in [-0.15, -0.1) is 0 Å². The van der Waals surface area contributed by atoms with Gasteiger partial charge in [0.15, 0.2) is 0 Å². The minimum atomic E-state index is -0.722. The predicted molar refractivity (Wildman–Crippen MR) is 42.3 cm³/mol. The van der Waals surface area contributed by atoms with E-state index in [1.165, 1.54) is 0 Å². The van der Waals surface area contributed by atoms with Gasteiger partial charge in [0, 0.05) is 19.6 Å². The zero-order valence-electron chi connectivity index (χ0n) is 6.72. The van der Waals surface area contributed by atoms with Crippen LogP contribution in [0.5, 0.6) is 0 Å². The fourth-order valence-electron chi connectivity index (χ4n) is 0.562. The zero-order valence-corrected chi connectivity index (χ0v) is 6.72. The average Bonchev–Trinajstić information content (AvgIpc) is 1.96. The molecule has 0 aromatic rings. The van der Waals surface area contributed by atoms with Crippen molar-refractivity contribution in [2.24, 2.45) is 5.73 Å². The van der Waals surface area contributed by atoms with Crippen LogP contribution in [0.1, 0.15) is 0 Å². The lowest BCUT2D eigenvalue weighted by Crippen LogP contribution is -2.29. The minimum absolute atomic E-state index is 0.332. The summed E-state index contributed by atoms with van der Waals surface area (Å²) < 4.78 is 4.48. The predicted octanol–water partition coefficient (Wildman–Crippen LogP) is -1.11. The molecule has 0 heterocycles. The molecular weight excluding hydrogens is 146 g/mol.